The molecule has 3 N–H and O–H groups in total. The molecule has 0 fully saturated rings. The van der Waals surface area contributed by atoms with Crippen molar-refractivity contribution < 1.29 is 19.1 Å². The van der Waals surface area contributed by atoms with Crippen LogP contribution in [-0.2, 0) is 0 Å². The number of amides is 2. The first-order chi connectivity index (χ1) is 12.0. The zero-order valence-corrected chi connectivity index (χ0v) is 14.9. The Kier molecular flexibility index (Phi) is 6.53. The average Bonchev–Trinajstić information content (AvgIpc) is 2.58. The molecule has 130 valence electrons. The van der Waals surface area contributed by atoms with E-state index in [2.05, 4.69) is 26.5 Å². The Morgan fingerprint density at radius 3 is 2.60 bits per heavy atom. The largest absolute Gasteiger partial charge is 0.494 e. The topological polar surface area (TPSA) is 103 Å². The maximum absolute atomic E-state index is 12.3. The van der Waals surface area contributed by atoms with Crippen LogP contribution in [-0.4, -0.2) is 24.8 Å². The maximum Gasteiger partial charge on any atom is 0.343 e. The number of nitrogens with one attached hydrogen (secondary N) is 1. The Hall–Kier alpha value is -2.87. The molecule has 0 aliphatic rings. The van der Waals surface area contributed by atoms with Gasteiger partial charge in [-0.1, -0.05) is 15.9 Å². The van der Waals surface area contributed by atoms with Gasteiger partial charge in [0.05, 0.1) is 18.4 Å². The Balaban J connectivity index is 2.16. The molecular weight excluding hydrogens is 390 g/mol. The normalized spacial score (nSPS) is 10.5. The van der Waals surface area contributed by atoms with Crippen molar-refractivity contribution in [1.29, 1.82) is 0 Å². The summed E-state index contributed by atoms with van der Waals surface area (Å²) in [6.45, 7) is 2.43. The monoisotopic (exact) mass is 405 g/mol. The molecule has 0 saturated carbocycles. The second kappa shape index (κ2) is 8.84. The summed E-state index contributed by atoms with van der Waals surface area (Å²) < 4.78 is 11.5. The number of halogens is 1. The fourth-order valence-corrected chi connectivity index (χ4v) is 2.27. The van der Waals surface area contributed by atoms with Crippen molar-refractivity contribution in [2.24, 2.45) is 10.8 Å². The molecule has 2 amide bonds. The van der Waals surface area contributed by atoms with Crippen LogP contribution in [0.1, 0.15) is 22.8 Å². The molecule has 0 atom stereocenters. The van der Waals surface area contributed by atoms with Crippen molar-refractivity contribution in [2.45, 2.75) is 6.92 Å². The van der Waals surface area contributed by atoms with Gasteiger partial charge in [-0.2, -0.15) is 5.10 Å². The van der Waals surface area contributed by atoms with Crippen LogP contribution >= 0.6 is 15.9 Å². The van der Waals surface area contributed by atoms with E-state index in [1.807, 2.05) is 6.92 Å². The van der Waals surface area contributed by atoms with E-state index in [-0.39, 0.29) is 5.75 Å². The minimum Gasteiger partial charge on any atom is -0.494 e. The molecule has 0 aliphatic carbocycles. The first-order valence-corrected chi connectivity index (χ1v) is 8.12. The molecule has 8 heteroatoms. The smallest absolute Gasteiger partial charge is 0.343 e. The van der Waals surface area contributed by atoms with Crippen molar-refractivity contribution >= 4 is 34.1 Å². The fourth-order valence-electron chi connectivity index (χ4n) is 1.89. The number of urea groups is 1. The van der Waals surface area contributed by atoms with Crippen LogP contribution in [0.5, 0.6) is 11.5 Å². The molecule has 0 aliphatic heterocycles. The van der Waals surface area contributed by atoms with E-state index >= 15 is 0 Å². The predicted octanol–water partition coefficient (Wildman–Crippen LogP) is 3.07. The molecular formula is C17H16BrN3O4. The molecule has 7 nitrogen and oxygen atoms in total. The number of rotatable bonds is 6. The molecule has 2 aromatic rings. The number of hydrogen-bond acceptors (Lipinski definition) is 5. The summed E-state index contributed by atoms with van der Waals surface area (Å²) in [6, 6.07) is 10.9. The third-order valence-corrected chi connectivity index (χ3v) is 3.45. The molecule has 0 spiro atoms. The van der Waals surface area contributed by atoms with Gasteiger partial charge in [0.25, 0.3) is 0 Å². The molecule has 2 rings (SSSR count). The zero-order chi connectivity index (χ0) is 18.2. The quantitative estimate of drug-likeness (QED) is 0.333. The molecule has 25 heavy (non-hydrogen) atoms. The van der Waals surface area contributed by atoms with Crippen molar-refractivity contribution in [1.82, 2.24) is 5.43 Å². The highest BCUT2D eigenvalue weighted by molar-refractivity contribution is 9.10. The summed E-state index contributed by atoms with van der Waals surface area (Å²) in [7, 11) is 0. The van der Waals surface area contributed by atoms with Crippen LogP contribution in [0.15, 0.2) is 52.0 Å². The second-order valence-corrected chi connectivity index (χ2v) is 5.68. The molecule has 0 aromatic heterocycles. The second-order valence-electron chi connectivity index (χ2n) is 4.76. The van der Waals surface area contributed by atoms with Gasteiger partial charge in [0, 0.05) is 10.0 Å². The van der Waals surface area contributed by atoms with E-state index in [0.29, 0.717) is 23.5 Å². The van der Waals surface area contributed by atoms with Gasteiger partial charge in [-0.15, -0.1) is 0 Å². The van der Waals surface area contributed by atoms with E-state index in [0.717, 1.165) is 4.47 Å². The van der Waals surface area contributed by atoms with Gasteiger partial charge in [-0.05, 0) is 49.4 Å². The van der Waals surface area contributed by atoms with E-state index in [9.17, 15) is 9.59 Å². The number of esters is 1. The van der Waals surface area contributed by atoms with Crippen molar-refractivity contribution in [3.05, 3.63) is 58.1 Å². The average molecular weight is 406 g/mol. The SMILES string of the molecule is CCOc1ccc(C(=O)Oc2ccc(Br)cc2/C=N\NC(N)=O)cc1. The number of ether oxygens (including phenoxy) is 2. The summed E-state index contributed by atoms with van der Waals surface area (Å²) in [5.41, 5.74) is 7.90. The summed E-state index contributed by atoms with van der Waals surface area (Å²) >= 11 is 3.32. The third-order valence-electron chi connectivity index (χ3n) is 2.95. The van der Waals surface area contributed by atoms with Gasteiger partial charge in [-0.25, -0.2) is 15.0 Å². The molecule has 0 heterocycles. The van der Waals surface area contributed by atoms with E-state index in [4.69, 9.17) is 15.2 Å². The van der Waals surface area contributed by atoms with Gasteiger partial charge < -0.3 is 15.2 Å². The van der Waals surface area contributed by atoms with Crippen LogP contribution in [0, 0.1) is 0 Å². The number of carbonyl (C=O) groups is 2. The summed E-state index contributed by atoms with van der Waals surface area (Å²) in [6.07, 6.45) is 1.33. The van der Waals surface area contributed by atoms with Gasteiger partial charge in [0.2, 0.25) is 0 Å². The zero-order valence-electron chi connectivity index (χ0n) is 13.4. The third kappa shape index (κ3) is 5.61. The lowest BCUT2D eigenvalue weighted by atomic mass is 10.2. The fraction of sp³-hybridized carbons (Fsp3) is 0.118. The summed E-state index contributed by atoms with van der Waals surface area (Å²) in [5.74, 6) is 0.438. The Morgan fingerprint density at radius 1 is 1.24 bits per heavy atom. The lowest BCUT2D eigenvalue weighted by molar-refractivity contribution is 0.0734. The Bertz CT molecular complexity index is 791. The van der Waals surface area contributed by atoms with E-state index in [1.165, 1.54) is 6.21 Å². The number of carbonyl (C=O) groups excluding carboxylic acids is 2. The van der Waals surface area contributed by atoms with Crippen molar-refractivity contribution in [3.8, 4) is 11.5 Å². The summed E-state index contributed by atoms with van der Waals surface area (Å²) in [4.78, 5) is 23.0. The van der Waals surface area contributed by atoms with E-state index < -0.39 is 12.0 Å². The molecule has 0 unspecified atom stereocenters. The van der Waals surface area contributed by atoms with Gasteiger partial charge in [0.15, 0.2) is 0 Å². The molecule has 2 aromatic carbocycles. The van der Waals surface area contributed by atoms with Crippen LogP contribution in [0.4, 0.5) is 4.79 Å². The molecule has 0 bridgehead atoms. The minimum absolute atomic E-state index is 0.289. The first-order valence-electron chi connectivity index (χ1n) is 7.32. The highest BCUT2D eigenvalue weighted by Gasteiger charge is 2.12. The van der Waals surface area contributed by atoms with Gasteiger partial charge in [-0.3, -0.25) is 0 Å². The maximum atomic E-state index is 12.3. The van der Waals surface area contributed by atoms with Crippen LogP contribution in [0.2, 0.25) is 0 Å². The van der Waals surface area contributed by atoms with Crippen LogP contribution in [0.25, 0.3) is 0 Å². The summed E-state index contributed by atoms with van der Waals surface area (Å²) in [5, 5.41) is 3.68. The number of nitrogens with zero attached hydrogens (tertiary/aromatic N) is 1. The van der Waals surface area contributed by atoms with Crippen molar-refractivity contribution in [2.75, 3.05) is 6.61 Å². The molecule has 0 radical (unpaired) electrons. The predicted molar refractivity (Wildman–Crippen MR) is 97.0 cm³/mol. The first kappa shape index (κ1) is 18.5. The number of nitrogens with two attached hydrogens (primary N) is 1. The Labute approximate surface area is 152 Å². The van der Waals surface area contributed by atoms with Gasteiger partial charge >= 0.3 is 12.0 Å². The van der Waals surface area contributed by atoms with E-state index in [1.54, 1.807) is 42.5 Å². The lowest BCUT2D eigenvalue weighted by Gasteiger charge is -2.09. The van der Waals surface area contributed by atoms with Crippen LogP contribution in [0.3, 0.4) is 0 Å². The van der Waals surface area contributed by atoms with Crippen LogP contribution < -0.4 is 20.6 Å². The minimum atomic E-state index is -0.792. The highest BCUT2D eigenvalue weighted by atomic mass is 79.9. The Morgan fingerprint density at radius 2 is 1.96 bits per heavy atom. The lowest BCUT2D eigenvalue weighted by Crippen LogP contribution is -2.24. The number of benzene rings is 2. The highest BCUT2D eigenvalue weighted by Crippen LogP contribution is 2.23. The number of primary amides is 1. The standard InChI is InChI=1S/C17H16BrN3O4/c1-2-24-14-6-3-11(4-7-14)16(22)25-15-8-5-13(18)9-12(15)10-20-21-17(19)23/h3-10H,2H2,1H3,(H3,19,21,23)/b20-10-. The number of hydrazone groups is 1. The number of hydrogen-bond donors (Lipinski definition) is 2. The van der Waals surface area contributed by atoms with Gasteiger partial charge in [0.1, 0.15) is 11.5 Å². The molecule has 0 saturated heterocycles. The van der Waals surface area contributed by atoms with Crippen molar-refractivity contribution in [3.63, 3.8) is 0 Å².